The maximum Gasteiger partial charge on any atom is 1.00 e. The first kappa shape index (κ1) is 13.6. The second-order valence-electron chi connectivity index (χ2n) is 2.86. The van der Waals surface area contributed by atoms with E-state index < -0.39 is 10.0 Å². The van der Waals surface area contributed by atoms with E-state index >= 15 is 0 Å². The van der Waals surface area contributed by atoms with Crippen LogP contribution in [-0.2, 0) is 10.0 Å². The second kappa shape index (κ2) is 5.47. The van der Waals surface area contributed by atoms with Crippen LogP contribution in [0.1, 0.15) is 5.56 Å². The van der Waals surface area contributed by atoms with E-state index in [1.165, 1.54) is 24.2 Å². The van der Waals surface area contributed by atoms with Crippen molar-refractivity contribution in [3.8, 4) is 0 Å². The molecule has 0 aliphatic carbocycles. The van der Waals surface area contributed by atoms with Gasteiger partial charge >= 0.3 is 18.9 Å². The Kier molecular flexibility index (Phi) is 5.31. The molecule has 0 aromatic heterocycles. The third-order valence-electron chi connectivity index (χ3n) is 1.59. The normalized spacial score (nSPS) is 10.8. The molecule has 0 heterocycles. The zero-order valence-electron chi connectivity index (χ0n) is 8.64. The molecule has 0 fully saturated rings. The van der Waals surface area contributed by atoms with Gasteiger partial charge in [0.2, 0.25) is 0 Å². The van der Waals surface area contributed by atoms with Gasteiger partial charge in [0.15, 0.2) is 10.0 Å². The summed E-state index contributed by atoms with van der Waals surface area (Å²) in [4.78, 5) is 0. The molecule has 0 amide bonds. The van der Waals surface area contributed by atoms with Crippen LogP contribution < -0.4 is 18.9 Å². The van der Waals surface area contributed by atoms with Crippen LogP contribution in [0.3, 0.4) is 0 Å². The van der Waals surface area contributed by atoms with E-state index in [-0.39, 0.29) is 18.9 Å². The molecule has 0 N–H and O–H groups in total. The van der Waals surface area contributed by atoms with E-state index in [4.69, 9.17) is 0 Å². The minimum absolute atomic E-state index is 0. The number of hydrogen-bond donors (Lipinski definition) is 0. The molecule has 1 aromatic rings. The van der Waals surface area contributed by atoms with Crippen LogP contribution in [0.15, 0.2) is 30.3 Å². The number of nitrogens with zero attached hydrogens (tertiary/aromatic N) is 1. The average Bonchev–Trinajstić information content (AvgIpc) is 2.05. The molecule has 3 nitrogen and oxygen atoms in total. The Morgan fingerprint density at radius 3 is 2.07 bits per heavy atom. The van der Waals surface area contributed by atoms with Gasteiger partial charge in [-0.1, -0.05) is 11.8 Å². The molecular formula is C9H12LiNO2S. The molecule has 0 saturated heterocycles. The van der Waals surface area contributed by atoms with Crippen LogP contribution in [0.2, 0.25) is 0 Å². The molecule has 0 radical (unpaired) electrons. The van der Waals surface area contributed by atoms with Crippen LogP contribution in [-0.4, -0.2) is 26.8 Å². The molecule has 0 unspecified atom stereocenters. The second-order valence-corrected chi connectivity index (χ2v) is 4.85. The predicted molar refractivity (Wildman–Crippen MR) is 52.5 cm³/mol. The Bertz CT molecular complexity index is 362. The summed E-state index contributed by atoms with van der Waals surface area (Å²) in [6.07, 6.45) is 0. The summed E-state index contributed by atoms with van der Waals surface area (Å²) in [5.41, 5.74) is 0.691. The molecule has 1 aromatic carbocycles. The summed E-state index contributed by atoms with van der Waals surface area (Å²) in [5, 5.41) is 0. The van der Waals surface area contributed by atoms with Gasteiger partial charge in [0, 0.05) is 14.1 Å². The van der Waals surface area contributed by atoms with Gasteiger partial charge in [0.25, 0.3) is 0 Å². The van der Waals surface area contributed by atoms with E-state index in [1.807, 2.05) is 6.07 Å². The van der Waals surface area contributed by atoms with Gasteiger partial charge in [-0.3, -0.25) is 0 Å². The first-order valence-corrected chi connectivity index (χ1v) is 5.35. The molecule has 72 valence electrons. The SMILES string of the molecule is CN(C)S(=O)(=O)[CH-]c1ccccc1.[Li+]. The summed E-state index contributed by atoms with van der Waals surface area (Å²) in [5.74, 6) is 1.24. The summed E-state index contributed by atoms with van der Waals surface area (Å²) in [6.45, 7) is 0. The Morgan fingerprint density at radius 2 is 1.64 bits per heavy atom. The number of benzene rings is 1. The van der Waals surface area contributed by atoms with Gasteiger partial charge in [-0.2, -0.15) is 17.7 Å². The molecule has 0 atom stereocenters. The minimum Gasteiger partial charge on any atom is -0.221 e. The molecule has 14 heavy (non-hydrogen) atoms. The molecule has 0 aliphatic rings. The summed E-state index contributed by atoms with van der Waals surface area (Å²) in [6, 6.07) is 8.95. The van der Waals surface area contributed by atoms with E-state index in [1.54, 1.807) is 24.3 Å². The maximum absolute atomic E-state index is 11.4. The van der Waals surface area contributed by atoms with Crippen molar-refractivity contribution in [1.82, 2.24) is 4.31 Å². The van der Waals surface area contributed by atoms with Gasteiger partial charge < -0.3 is 0 Å². The van der Waals surface area contributed by atoms with E-state index in [0.717, 1.165) is 0 Å². The quantitative estimate of drug-likeness (QED) is 0.426. The van der Waals surface area contributed by atoms with Crippen molar-refractivity contribution in [2.24, 2.45) is 0 Å². The topological polar surface area (TPSA) is 37.4 Å². The third kappa shape index (κ3) is 3.77. The van der Waals surface area contributed by atoms with Crippen molar-refractivity contribution in [3.63, 3.8) is 0 Å². The van der Waals surface area contributed by atoms with Crippen molar-refractivity contribution >= 4 is 10.0 Å². The Labute approximate surface area is 97.3 Å². The van der Waals surface area contributed by atoms with Gasteiger partial charge in [-0.25, -0.2) is 12.7 Å². The Hall–Kier alpha value is -0.403. The van der Waals surface area contributed by atoms with E-state index in [9.17, 15) is 8.42 Å². The van der Waals surface area contributed by atoms with Crippen LogP contribution in [0.25, 0.3) is 0 Å². The van der Waals surface area contributed by atoms with Crippen molar-refractivity contribution in [2.75, 3.05) is 14.1 Å². The van der Waals surface area contributed by atoms with Crippen molar-refractivity contribution in [1.29, 1.82) is 0 Å². The van der Waals surface area contributed by atoms with E-state index in [2.05, 4.69) is 0 Å². The smallest absolute Gasteiger partial charge is 0.221 e. The fraction of sp³-hybridized carbons (Fsp3) is 0.222. The minimum atomic E-state index is -3.24. The first-order valence-electron chi connectivity index (χ1n) is 3.85. The van der Waals surface area contributed by atoms with Crippen molar-refractivity contribution < 1.29 is 27.3 Å². The summed E-state index contributed by atoms with van der Waals surface area (Å²) < 4.78 is 23.9. The first-order chi connectivity index (χ1) is 6.02. The molecule has 0 bridgehead atoms. The Morgan fingerprint density at radius 1 is 1.14 bits per heavy atom. The zero-order valence-corrected chi connectivity index (χ0v) is 9.45. The number of hydrogen-bond acceptors (Lipinski definition) is 2. The van der Waals surface area contributed by atoms with Crippen LogP contribution in [0.5, 0.6) is 0 Å². The maximum atomic E-state index is 11.4. The monoisotopic (exact) mass is 205 g/mol. The molecule has 0 saturated carbocycles. The summed E-state index contributed by atoms with van der Waals surface area (Å²) in [7, 11) is -0.226. The van der Waals surface area contributed by atoms with Gasteiger partial charge in [0.1, 0.15) is 0 Å². The van der Waals surface area contributed by atoms with Gasteiger partial charge in [0.05, 0.1) is 0 Å². The molecule has 0 aliphatic heterocycles. The fourth-order valence-corrected chi connectivity index (χ4v) is 1.52. The fourth-order valence-electron chi connectivity index (χ4n) is 0.809. The van der Waals surface area contributed by atoms with Gasteiger partial charge in [-0.15, -0.1) is 12.1 Å². The zero-order chi connectivity index (χ0) is 9.90. The third-order valence-corrected chi connectivity index (χ3v) is 3.18. The van der Waals surface area contributed by atoms with Crippen molar-refractivity contribution in [3.05, 3.63) is 41.6 Å². The van der Waals surface area contributed by atoms with Crippen molar-refractivity contribution in [2.45, 2.75) is 0 Å². The average molecular weight is 205 g/mol. The van der Waals surface area contributed by atoms with Crippen LogP contribution in [0, 0.1) is 5.75 Å². The predicted octanol–water partition coefficient (Wildman–Crippen LogP) is -1.91. The van der Waals surface area contributed by atoms with E-state index in [0.29, 0.717) is 5.56 Å². The molecule has 5 heteroatoms. The number of rotatable bonds is 3. The molecular weight excluding hydrogens is 193 g/mol. The standard InChI is InChI=1S/C9H12NO2S.Li/c1-10(2)13(11,12)8-9-6-4-3-5-7-9;/h3-8H,1-2H3;/q-1;+1. The van der Waals surface area contributed by atoms with Crippen LogP contribution in [0.4, 0.5) is 0 Å². The largest absolute Gasteiger partial charge is 1.00 e. The Balaban J connectivity index is 0.00000169. The molecule has 0 spiro atoms. The van der Waals surface area contributed by atoms with Crippen LogP contribution >= 0.6 is 0 Å². The number of sulfonamides is 1. The summed E-state index contributed by atoms with van der Waals surface area (Å²) >= 11 is 0. The molecule has 1 rings (SSSR count). The van der Waals surface area contributed by atoms with Gasteiger partial charge in [-0.05, 0) is 0 Å².